The number of nitrogens with one attached hydrogen (secondary N) is 1. The smallest absolute Gasteiger partial charge is 0.268 e. The van der Waals surface area contributed by atoms with Crippen molar-refractivity contribution < 1.29 is 21.6 Å². The van der Waals surface area contributed by atoms with E-state index in [1.54, 1.807) is 0 Å². The third kappa shape index (κ3) is 3.19. The Morgan fingerprint density at radius 1 is 1.18 bits per heavy atom. The van der Waals surface area contributed by atoms with Gasteiger partial charge in [-0.2, -0.15) is 18.3 Å². The summed E-state index contributed by atoms with van der Waals surface area (Å²) in [6.07, 6.45) is -4.56. The summed E-state index contributed by atoms with van der Waals surface area (Å²) in [6, 6.07) is 6.08. The van der Waals surface area contributed by atoms with E-state index in [-0.39, 0.29) is 5.56 Å². The Bertz CT molecular complexity index is 824. The topological polar surface area (TPSA) is 79.9 Å². The fourth-order valence-electron chi connectivity index (χ4n) is 1.82. The maximum Gasteiger partial charge on any atom is 0.416 e. The van der Waals surface area contributed by atoms with Crippen LogP contribution in [0.15, 0.2) is 46.2 Å². The summed E-state index contributed by atoms with van der Waals surface area (Å²) >= 11 is 0. The minimum Gasteiger partial charge on any atom is -0.268 e. The van der Waals surface area contributed by atoms with E-state index in [0.717, 1.165) is 30.3 Å². The fourth-order valence-corrected chi connectivity index (χ4v) is 3.12. The molecule has 0 aliphatic heterocycles. The van der Waals surface area contributed by atoms with Crippen LogP contribution in [0.1, 0.15) is 23.3 Å². The highest BCUT2D eigenvalue weighted by atomic mass is 32.2. The van der Waals surface area contributed by atoms with Crippen molar-refractivity contribution in [1.82, 2.24) is 10.2 Å². The SMILES string of the molecule is CC(c1cccc(C(F)(F)F)c1)S(=O)(=O)c1ccc(=O)[nH]n1. The van der Waals surface area contributed by atoms with Crippen LogP contribution < -0.4 is 5.56 Å². The second-order valence-corrected chi connectivity index (χ2v) is 6.79. The average molecular weight is 332 g/mol. The Hall–Kier alpha value is -2.16. The highest BCUT2D eigenvalue weighted by molar-refractivity contribution is 7.91. The molecule has 1 aromatic carbocycles. The van der Waals surface area contributed by atoms with E-state index in [9.17, 15) is 26.4 Å². The normalized spacial score (nSPS) is 13.8. The third-order valence-corrected chi connectivity index (χ3v) is 5.11. The summed E-state index contributed by atoms with van der Waals surface area (Å²) in [7, 11) is -4.02. The lowest BCUT2D eigenvalue weighted by molar-refractivity contribution is -0.137. The standard InChI is InChI=1S/C13H11F3N2O3S/c1-8(9-3-2-4-10(7-9)13(14,15)16)22(20,21)12-6-5-11(19)17-18-12/h2-8H,1H3,(H,17,19). The minimum absolute atomic E-state index is 0.0113. The van der Waals surface area contributed by atoms with E-state index in [1.807, 2.05) is 5.10 Å². The van der Waals surface area contributed by atoms with Gasteiger partial charge < -0.3 is 0 Å². The summed E-state index contributed by atoms with van der Waals surface area (Å²) in [6.45, 7) is 1.26. The second-order valence-electron chi connectivity index (χ2n) is 4.57. The van der Waals surface area contributed by atoms with Gasteiger partial charge in [0.1, 0.15) is 0 Å². The van der Waals surface area contributed by atoms with E-state index in [2.05, 4.69) is 5.10 Å². The first-order chi connectivity index (χ1) is 10.1. The number of hydrogen-bond acceptors (Lipinski definition) is 4. The molecule has 0 bridgehead atoms. The second kappa shape index (κ2) is 5.56. The first-order valence-electron chi connectivity index (χ1n) is 6.09. The van der Waals surface area contributed by atoms with Gasteiger partial charge in [0.05, 0.1) is 10.8 Å². The Morgan fingerprint density at radius 3 is 2.41 bits per heavy atom. The molecule has 0 saturated carbocycles. The number of aromatic amines is 1. The Kier molecular flexibility index (Phi) is 4.10. The first-order valence-corrected chi connectivity index (χ1v) is 7.64. The van der Waals surface area contributed by atoms with Crippen LogP contribution in [0.25, 0.3) is 0 Å². The van der Waals surface area contributed by atoms with Gasteiger partial charge in [0.15, 0.2) is 5.03 Å². The van der Waals surface area contributed by atoms with Crippen molar-refractivity contribution in [2.45, 2.75) is 23.4 Å². The number of alkyl halides is 3. The quantitative estimate of drug-likeness (QED) is 0.935. The van der Waals surface area contributed by atoms with Crippen LogP contribution in [0.4, 0.5) is 13.2 Å². The van der Waals surface area contributed by atoms with E-state index >= 15 is 0 Å². The first kappa shape index (κ1) is 16.2. The van der Waals surface area contributed by atoms with Gasteiger partial charge in [-0.15, -0.1) is 0 Å². The molecule has 0 radical (unpaired) electrons. The minimum atomic E-state index is -4.56. The van der Waals surface area contributed by atoms with Gasteiger partial charge in [0.2, 0.25) is 9.84 Å². The molecular formula is C13H11F3N2O3S. The number of sulfone groups is 1. The summed E-state index contributed by atoms with van der Waals surface area (Å²) in [5.41, 5.74) is -1.52. The predicted octanol–water partition coefficient (Wildman–Crippen LogP) is 2.32. The van der Waals surface area contributed by atoms with Crippen LogP contribution >= 0.6 is 0 Å². The molecule has 0 amide bonds. The van der Waals surface area contributed by atoms with Crippen molar-refractivity contribution in [3.8, 4) is 0 Å². The molecule has 0 fully saturated rings. The molecule has 1 aromatic heterocycles. The van der Waals surface area contributed by atoms with Crippen LogP contribution in [-0.4, -0.2) is 18.6 Å². The molecule has 1 atom stereocenters. The molecule has 5 nitrogen and oxygen atoms in total. The molecule has 1 N–H and O–H groups in total. The zero-order valence-electron chi connectivity index (χ0n) is 11.3. The lowest BCUT2D eigenvalue weighted by Gasteiger charge is -2.14. The monoisotopic (exact) mass is 332 g/mol. The predicted molar refractivity (Wildman–Crippen MR) is 71.9 cm³/mol. The molecule has 2 aromatic rings. The van der Waals surface area contributed by atoms with Crippen molar-refractivity contribution in [3.63, 3.8) is 0 Å². The number of benzene rings is 1. The molecule has 0 spiro atoms. The third-order valence-electron chi connectivity index (χ3n) is 3.09. The number of H-pyrrole nitrogens is 1. The summed E-state index contributed by atoms with van der Waals surface area (Å²) in [4.78, 5) is 10.9. The van der Waals surface area contributed by atoms with E-state index < -0.39 is 37.4 Å². The van der Waals surface area contributed by atoms with Crippen LogP contribution in [0.3, 0.4) is 0 Å². The number of rotatable bonds is 3. The lowest BCUT2D eigenvalue weighted by atomic mass is 10.1. The Morgan fingerprint density at radius 2 is 1.86 bits per heavy atom. The molecule has 1 unspecified atom stereocenters. The zero-order valence-corrected chi connectivity index (χ0v) is 12.1. The van der Waals surface area contributed by atoms with E-state index in [1.165, 1.54) is 13.0 Å². The number of halogens is 3. The van der Waals surface area contributed by atoms with Crippen molar-refractivity contribution >= 4 is 9.84 Å². The Balaban J connectivity index is 2.45. The van der Waals surface area contributed by atoms with E-state index in [0.29, 0.717) is 0 Å². The van der Waals surface area contributed by atoms with Gasteiger partial charge in [-0.1, -0.05) is 18.2 Å². The highest BCUT2D eigenvalue weighted by Crippen LogP contribution is 2.33. The van der Waals surface area contributed by atoms with Gasteiger partial charge >= 0.3 is 6.18 Å². The lowest BCUT2D eigenvalue weighted by Crippen LogP contribution is -2.16. The van der Waals surface area contributed by atoms with Crippen LogP contribution in [0.5, 0.6) is 0 Å². The van der Waals surface area contributed by atoms with Crippen molar-refractivity contribution in [3.05, 3.63) is 57.9 Å². The Labute approximate surface area is 123 Å². The van der Waals surface area contributed by atoms with Crippen LogP contribution in [-0.2, 0) is 16.0 Å². The van der Waals surface area contributed by atoms with Crippen molar-refractivity contribution in [1.29, 1.82) is 0 Å². The summed E-state index contributed by atoms with van der Waals surface area (Å²) in [5.74, 6) is 0. The highest BCUT2D eigenvalue weighted by Gasteiger charge is 2.32. The van der Waals surface area contributed by atoms with Crippen molar-refractivity contribution in [2.75, 3.05) is 0 Å². The van der Waals surface area contributed by atoms with Gasteiger partial charge in [0, 0.05) is 6.07 Å². The average Bonchev–Trinajstić information content (AvgIpc) is 2.46. The molecule has 2 rings (SSSR count). The van der Waals surface area contributed by atoms with Gasteiger partial charge in [0.25, 0.3) is 5.56 Å². The number of nitrogens with zero attached hydrogens (tertiary/aromatic N) is 1. The summed E-state index contributed by atoms with van der Waals surface area (Å²) < 4.78 is 62.8. The van der Waals surface area contributed by atoms with Gasteiger partial charge in [-0.05, 0) is 24.6 Å². The fraction of sp³-hybridized carbons (Fsp3) is 0.231. The van der Waals surface area contributed by atoms with E-state index in [4.69, 9.17) is 0 Å². The maximum atomic E-state index is 12.7. The van der Waals surface area contributed by atoms with Crippen molar-refractivity contribution in [2.24, 2.45) is 0 Å². The molecule has 9 heteroatoms. The maximum absolute atomic E-state index is 12.7. The molecular weight excluding hydrogens is 321 g/mol. The molecule has 0 aliphatic carbocycles. The largest absolute Gasteiger partial charge is 0.416 e. The van der Waals surface area contributed by atoms with Crippen LogP contribution in [0, 0.1) is 0 Å². The summed E-state index contributed by atoms with van der Waals surface area (Å²) in [5, 5.41) is 3.76. The number of hydrogen-bond donors (Lipinski definition) is 1. The molecule has 1 heterocycles. The molecule has 22 heavy (non-hydrogen) atoms. The van der Waals surface area contributed by atoms with Crippen LogP contribution in [0.2, 0.25) is 0 Å². The molecule has 0 aliphatic rings. The molecule has 0 saturated heterocycles. The zero-order chi connectivity index (χ0) is 16.5. The molecule has 118 valence electrons. The number of aromatic nitrogens is 2. The van der Waals surface area contributed by atoms with Gasteiger partial charge in [-0.25, -0.2) is 13.5 Å². The van der Waals surface area contributed by atoms with Gasteiger partial charge in [-0.3, -0.25) is 4.79 Å².